The highest BCUT2D eigenvalue weighted by molar-refractivity contribution is 6.33. The van der Waals surface area contributed by atoms with E-state index < -0.39 is 11.8 Å². The van der Waals surface area contributed by atoms with E-state index in [0.29, 0.717) is 16.3 Å². The fraction of sp³-hybridized carbons (Fsp3) is 0. The molecule has 26 heavy (non-hydrogen) atoms. The number of hydrazone groups is 1. The highest BCUT2D eigenvalue weighted by Gasteiger charge is 2.15. The van der Waals surface area contributed by atoms with Gasteiger partial charge in [0.1, 0.15) is 0 Å². The normalized spacial score (nSPS) is 10.7. The van der Waals surface area contributed by atoms with E-state index in [1.165, 1.54) is 18.5 Å². The van der Waals surface area contributed by atoms with Crippen LogP contribution in [0.2, 0.25) is 5.02 Å². The van der Waals surface area contributed by atoms with Gasteiger partial charge in [-0.1, -0.05) is 41.9 Å². The molecule has 1 heterocycles. The van der Waals surface area contributed by atoms with Crippen LogP contribution in [-0.2, 0) is 0 Å². The number of furan rings is 1. The zero-order valence-electron chi connectivity index (χ0n) is 13.5. The molecule has 0 bridgehead atoms. The van der Waals surface area contributed by atoms with E-state index in [0.717, 1.165) is 0 Å². The van der Waals surface area contributed by atoms with Crippen molar-refractivity contribution in [3.05, 3.63) is 88.8 Å². The van der Waals surface area contributed by atoms with Crippen molar-refractivity contribution in [2.45, 2.75) is 0 Å². The zero-order valence-corrected chi connectivity index (χ0v) is 14.2. The van der Waals surface area contributed by atoms with E-state index in [4.69, 9.17) is 16.0 Å². The summed E-state index contributed by atoms with van der Waals surface area (Å²) in [4.78, 5) is 24.5. The fourth-order valence-electron chi connectivity index (χ4n) is 2.18. The number of carbonyl (C=O) groups is 2. The third-order valence-corrected chi connectivity index (χ3v) is 3.78. The predicted molar refractivity (Wildman–Crippen MR) is 99.6 cm³/mol. The summed E-state index contributed by atoms with van der Waals surface area (Å²) in [7, 11) is 0. The van der Waals surface area contributed by atoms with E-state index in [9.17, 15) is 9.59 Å². The Morgan fingerprint density at radius 1 is 0.962 bits per heavy atom. The predicted octanol–water partition coefficient (Wildman–Crippen LogP) is 3.95. The number of benzene rings is 2. The number of halogens is 1. The number of hydrogen-bond acceptors (Lipinski definition) is 4. The lowest BCUT2D eigenvalue weighted by atomic mass is 10.1. The second-order valence-corrected chi connectivity index (χ2v) is 5.60. The summed E-state index contributed by atoms with van der Waals surface area (Å²) in [6.07, 6.45) is 2.85. The maximum absolute atomic E-state index is 12.4. The lowest BCUT2D eigenvalue weighted by molar-refractivity contribution is 0.0956. The molecule has 0 fully saturated rings. The fourth-order valence-corrected chi connectivity index (χ4v) is 2.37. The molecule has 2 aromatic carbocycles. The van der Waals surface area contributed by atoms with E-state index in [1.807, 2.05) is 6.07 Å². The van der Waals surface area contributed by atoms with Crippen molar-refractivity contribution in [2.24, 2.45) is 5.10 Å². The number of nitrogens with one attached hydrogen (secondary N) is 2. The standard InChI is InChI=1S/C19H14ClN3O3/c20-15-8-3-1-6-13(15)12-21-23-18(24)14-7-2-4-9-16(14)22-19(25)17-10-5-11-26-17/h1-12H,(H,22,25)(H,23,24)/b21-12+. The summed E-state index contributed by atoms with van der Waals surface area (Å²) >= 11 is 6.03. The van der Waals surface area contributed by atoms with E-state index in [2.05, 4.69) is 15.8 Å². The van der Waals surface area contributed by atoms with E-state index in [-0.39, 0.29) is 11.3 Å². The van der Waals surface area contributed by atoms with Gasteiger partial charge in [0.05, 0.1) is 23.7 Å². The quantitative estimate of drug-likeness (QED) is 0.529. The second-order valence-electron chi connectivity index (χ2n) is 5.20. The molecule has 0 saturated carbocycles. The lowest BCUT2D eigenvalue weighted by Gasteiger charge is -2.08. The molecule has 0 unspecified atom stereocenters. The maximum atomic E-state index is 12.4. The van der Waals surface area contributed by atoms with Gasteiger partial charge in [-0.15, -0.1) is 0 Å². The molecule has 3 aromatic rings. The number of amides is 2. The third kappa shape index (κ3) is 4.17. The summed E-state index contributed by atoms with van der Waals surface area (Å²) in [6.45, 7) is 0. The molecule has 6 nitrogen and oxygen atoms in total. The van der Waals surface area contributed by atoms with Crippen molar-refractivity contribution in [3.8, 4) is 0 Å². The van der Waals surface area contributed by atoms with Crippen molar-refractivity contribution in [1.29, 1.82) is 0 Å². The van der Waals surface area contributed by atoms with Crippen LogP contribution in [-0.4, -0.2) is 18.0 Å². The van der Waals surface area contributed by atoms with Crippen LogP contribution in [0.4, 0.5) is 5.69 Å². The largest absolute Gasteiger partial charge is 0.459 e. The molecule has 0 atom stereocenters. The minimum absolute atomic E-state index is 0.150. The number of anilines is 1. The van der Waals surface area contributed by atoms with Crippen molar-refractivity contribution in [3.63, 3.8) is 0 Å². The number of hydrogen-bond donors (Lipinski definition) is 2. The number of carbonyl (C=O) groups excluding carboxylic acids is 2. The van der Waals surface area contributed by atoms with Crippen molar-refractivity contribution in [2.75, 3.05) is 5.32 Å². The average Bonchev–Trinajstić information content (AvgIpc) is 3.18. The van der Waals surface area contributed by atoms with Gasteiger partial charge >= 0.3 is 0 Å². The molecule has 2 amide bonds. The second kappa shape index (κ2) is 8.13. The first-order valence-electron chi connectivity index (χ1n) is 7.67. The Hall–Kier alpha value is -3.38. The van der Waals surface area contributed by atoms with Gasteiger partial charge in [-0.05, 0) is 30.3 Å². The summed E-state index contributed by atoms with van der Waals surface area (Å²) in [5.41, 5.74) is 3.71. The van der Waals surface area contributed by atoms with E-state index >= 15 is 0 Å². The Morgan fingerprint density at radius 3 is 2.50 bits per heavy atom. The number of rotatable bonds is 5. The van der Waals surface area contributed by atoms with Crippen molar-refractivity contribution in [1.82, 2.24) is 5.43 Å². The van der Waals surface area contributed by atoms with Crippen LogP contribution in [0.3, 0.4) is 0 Å². The molecule has 3 rings (SSSR count). The smallest absolute Gasteiger partial charge is 0.291 e. The Balaban J connectivity index is 1.72. The Labute approximate surface area is 154 Å². The first-order chi connectivity index (χ1) is 12.6. The minimum Gasteiger partial charge on any atom is -0.459 e. The Kier molecular flexibility index (Phi) is 5.46. The van der Waals surface area contributed by atoms with Gasteiger partial charge in [-0.25, -0.2) is 5.43 Å². The summed E-state index contributed by atoms with van der Waals surface area (Å²) in [5.74, 6) is -0.768. The van der Waals surface area contributed by atoms with Crippen LogP contribution < -0.4 is 10.7 Å². The molecule has 0 aliphatic rings. The number of para-hydroxylation sites is 1. The summed E-state index contributed by atoms with van der Waals surface area (Å²) < 4.78 is 5.04. The molecule has 130 valence electrons. The van der Waals surface area contributed by atoms with Crippen LogP contribution >= 0.6 is 11.6 Å². The first kappa shape index (κ1) is 17.4. The third-order valence-electron chi connectivity index (χ3n) is 3.44. The highest BCUT2D eigenvalue weighted by atomic mass is 35.5. The van der Waals surface area contributed by atoms with Crippen LogP contribution in [0.1, 0.15) is 26.5 Å². The molecular weight excluding hydrogens is 354 g/mol. The minimum atomic E-state index is -0.469. The number of nitrogens with zero attached hydrogens (tertiary/aromatic N) is 1. The molecule has 0 saturated heterocycles. The van der Waals surface area contributed by atoms with Gasteiger partial charge in [-0.2, -0.15) is 5.10 Å². The van der Waals surface area contributed by atoms with Gasteiger partial charge in [0.25, 0.3) is 11.8 Å². The van der Waals surface area contributed by atoms with Gasteiger partial charge in [0.2, 0.25) is 0 Å². The van der Waals surface area contributed by atoms with Crippen molar-refractivity contribution >= 4 is 35.3 Å². The van der Waals surface area contributed by atoms with Gasteiger partial charge in [0.15, 0.2) is 5.76 Å². The topological polar surface area (TPSA) is 83.7 Å². The molecule has 0 aliphatic heterocycles. The zero-order chi connectivity index (χ0) is 18.4. The molecule has 0 aliphatic carbocycles. The lowest BCUT2D eigenvalue weighted by Crippen LogP contribution is -2.21. The van der Waals surface area contributed by atoms with Gasteiger partial charge in [-0.3, -0.25) is 9.59 Å². The van der Waals surface area contributed by atoms with Crippen LogP contribution in [0.5, 0.6) is 0 Å². The molecule has 7 heteroatoms. The SMILES string of the molecule is O=C(Nc1ccccc1C(=O)N/N=C/c1ccccc1Cl)c1ccco1. The monoisotopic (exact) mass is 367 g/mol. The summed E-state index contributed by atoms with van der Waals surface area (Å²) in [6, 6.07) is 16.9. The van der Waals surface area contributed by atoms with Crippen molar-refractivity contribution < 1.29 is 14.0 Å². The van der Waals surface area contributed by atoms with Crippen LogP contribution in [0, 0.1) is 0 Å². The Morgan fingerprint density at radius 2 is 1.73 bits per heavy atom. The maximum Gasteiger partial charge on any atom is 0.291 e. The first-order valence-corrected chi connectivity index (χ1v) is 8.05. The highest BCUT2D eigenvalue weighted by Crippen LogP contribution is 2.17. The molecule has 2 N–H and O–H groups in total. The molecule has 0 spiro atoms. The molecular formula is C19H14ClN3O3. The average molecular weight is 368 g/mol. The van der Waals surface area contributed by atoms with Crippen LogP contribution in [0.15, 0.2) is 76.4 Å². The summed E-state index contributed by atoms with van der Waals surface area (Å²) in [5, 5.41) is 7.08. The molecule has 0 radical (unpaired) electrons. The van der Waals surface area contributed by atoms with E-state index in [1.54, 1.807) is 48.5 Å². The molecule has 1 aromatic heterocycles. The van der Waals surface area contributed by atoms with Gasteiger partial charge in [0, 0.05) is 10.6 Å². The Bertz CT molecular complexity index is 952. The van der Waals surface area contributed by atoms with Gasteiger partial charge < -0.3 is 9.73 Å². The van der Waals surface area contributed by atoms with Crippen LogP contribution in [0.25, 0.3) is 0 Å².